The number of aromatic nitrogens is 1. The first-order chi connectivity index (χ1) is 11.5. The molecule has 0 aliphatic rings. The molecule has 0 bridgehead atoms. The van der Waals surface area contributed by atoms with E-state index in [1.807, 2.05) is 13.0 Å². The molecule has 5 nitrogen and oxygen atoms in total. The zero-order chi connectivity index (χ0) is 17.1. The van der Waals surface area contributed by atoms with Gasteiger partial charge in [0.1, 0.15) is 11.9 Å². The van der Waals surface area contributed by atoms with Crippen LogP contribution < -0.4 is 5.32 Å². The van der Waals surface area contributed by atoms with Gasteiger partial charge in [0, 0.05) is 29.1 Å². The monoisotopic (exact) mass is 344 g/mol. The molecule has 24 heavy (non-hydrogen) atoms. The fraction of sp³-hybridized carbons (Fsp3) is 0.222. The highest BCUT2D eigenvalue weighted by atomic mass is 35.5. The molecule has 0 spiro atoms. The normalized spacial score (nSPS) is 13.6. The van der Waals surface area contributed by atoms with Gasteiger partial charge in [-0.1, -0.05) is 17.7 Å². The first-order valence-electron chi connectivity index (χ1n) is 7.61. The summed E-state index contributed by atoms with van der Waals surface area (Å²) in [6.45, 7) is 1.82. The van der Waals surface area contributed by atoms with E-state index in [0.29, 0.717) is 28.3 Å². The van der Waals surface area contributed by atoms with Gasteiger partial charge in [-0.15, -0.1) is 0 Å². The summed E-state index contributed by atoms with van der Waals surface area (Å²) >= 11 is 6.10. The van der Waals surface area contributed by atoms with E-state index in [1.54, 1.807) is 36.5 Å². The van der Waals surface area contributed by atoms with Crippen molar-refractivity contribution >= 4 is 28.4 Å². The van der Waals surface area contributed by atoms with E-state index < -0.39 is 6.10 Å². The van der Waals surface area contributed by atoms with Crippen LogP contribution in [0, 0.1) is 0 Å². The van der Waals surface area contributed by atoms with Crippen LogP contribution in [0.25, 0.3) is 10.9 Å². The van der Waals surface area contributed by atoms with Crippen LogP contribution in [0.3, 0.4) is 0 Å². The van der Waals surface area contributed by atoms with Crippen molar-refractivity contribution in [3.05, 3.63) is 65.2 Å². The van der Waals surface area contributed by atoms with Crippen LogP contribution in [0.5, 0.6) is 0 Å². The van der Waals surface area contributed by atoms with Gasteiger partial charge in [0.25, 0.3) is 5.91 Å². The average molecular weight is 345 g/mol. The minimum absolute atomic E-state index is 0.254. The van der Waals surface area contributed by atoms with E-state index in [-0.39, 0.29) is 11.9 Å². The number of aliphatic hydroxyl groups is 1. The second-order valence-corrected chi connectivity index (χ2v) is 6.11. The molecule has 1 amide bonds. The number of halogens is 1. The Hall–Kier alpha value is -2.37. The number of pyridine rings is 1. The molecular weight excluding hydrogens is 328 g/mol. The van der Waals surface area contributed by atoms with Crippen molar-refractivity contribution in [3.8, 4) is 0 Å². The summed E-state index contributed by atoms with van der Waals surface area (Å²) in [5.74, 6) is 0.200. The van der Waals surface area contributed by atoms with Crippen LogP contribution in [0.15, 0.2) is 53.3 Å². The minimum atomic E-state index is -0.774. The number of hydrogen-bond donors (Lipinski definition) is 2. The van der Waals surface area contributed by atoms with Gasteiger partial charge in [-0.25, -0.2) is 0 Å². The largest absolute Gasteiger partial charge is 0.467 e. The lowest BCUT2D eigenvalue weighted by Crippen LogP contribution is -2.34. The summed E-state index contributed by atoms with van der Waals surface area (Å²) in [5.41, 5.74) is 1.01. The van der Waals surface area contributed by atoms with Crippen molar-refractivity contribution in [1.29, 1.82) is 0 Å². The molecule has 6 heteroatoms. The summed E-state index contributed by atoms with van der Waals surface area (Å²) < 4.78 is 5.17. The minimum Gasteiger partial charge on any atom is -0.467 e. The maximum absolute atomic E-state index is 12.6. The maximum atomic E-state index is 12.6. The molecule has 124 valence electrons. The smallest absolute Gasteiger partial charge is 0.253 e. The van der Waals surface area contributed by atoms with Gasteiger partial charge < -0.3 is 14.8 Å². The number of benzene rings is 1. The van der Waals surface area contributed by atoms with Crippen LogP contribution in [0.1, 0.15) is 35.6 Å². The second-order valence-electron chi connectivity index (χ2n) is 5.67. The Kier molecular flexibility index (Phi) is 4.83. The molecule has 0 saturated heterocycles. The summed E-state index contributed by atoms with van der Waals surface area (Å²) in [5, 5.41) is 14.2. The van der Waals surface area contributed by atoms with E-state index in [2.05, 4.69) is 10.3 Å². The maximum Gasteiger partial charge on any atom is 0.253 e. The fourth-order valence-electron chi connectivity index (χ4n) is 2.62. The summed E-state index contributed by atoms with van der Waals surface area (Å²) in [6, 6.07) is 10.2. The molecule has 2 N–H and O–H groups in total. The third-order valence-electron chi connectivity index (χ3n) is 3.74. The third-order valence-corrected chi connectivity index (χ3v) is 3.96. The van der Waals surface area contributed by atoms with Gasteiger partial charge >= 0.3 is 0 Å². The van der Waals surface area contributed by atoms with Gasteiger partial charge in [0.05, 0.1) is 17.3 Å². The predicted octanol–water partition coefficient (Wildman–Crippen LogP) is 3.72. The van der Waals surface area contributed by atoms with Crippen molar-refractivity contribution in [2.75, 3.05) is 0 Å². The van der Waals surface area contributed by atoms with Gasteiger partial charge in [-0.2, -0.15) is 0 Å². The SMILES string of the molecule is CC(CC(O)c1ccco1)NC(=O)c1cc(Cl)cc2cccnc12. The number of nitrogens with one attached hydrogen (secondary N) is 1. The number of furan rings is 1. The van der Waals surface area contributed by atoms with Crippen LogP contribution in [0.4, 0.5) is 0 Å². The fourth-order valence-corrected chi connectivity index (χ4v) is 2.85. The van der Waals surface area contributed by atoms with Crippen molar-refractivity contribution < 1.29 is 14.3 Å². The summed E-state index contributed by atoms with van der Waals surface area (Å²) in [7, 11) is 0. The molecular formula is C18H17ClN2O3. The number of amides is 1. The Morgan fingerprint density at radius 2 is 2.21 bits per heavy atom. The first-order valence-corrected chi connectivity index (χ1v) is 7.99. The molecule has 3 aromatic rings. The van der Waals surface area contributed by atoms with Gasteiger partial charge in [-0.3, -0.25) is 9.78 Å². The van der Waals surface area contributed by atoms with E-state index in [4.69, 9.17) is 16.0 Å². The molecule has 0 aliphatic heterocycles. The van der Waals surface area contributed by atoms with Crippen LogP contribution in [-0.4, -0.2) is 22.0 Å². The highest BCUT2D eigenvalue weighted by Crippen LogP contribution is 2.23. The molecule has 2 heterocycles. The first kappa shape index (κ1) is 16.5. The van der Waals surface area contributed by atoms with E-state index in [1.165, 1.54) is 6.26 Å². The molecule has 1 aromatic carbocycles. The Morgan fingerprint density at radius 1 is 1.38 bits per heavy atom. The zero-order valence-corrected chi connectivity index (χ0v) is 13.8. The summed E-state index contributed by atoms with van der Waals surface area (Å²) in [6.07, 6.45) is 2.71. The van der Waals surface area contributed by atoms with Crippen molar-refractivity contribution in [3.63, 3.8) is 0 Å². The van der Waals surface area contributed by atoms with Gasteiger partial charge in [0.15, 0.2) is 0 Å². The van der Waals surface area contributed by atoms with Crippen molar-refractivity contribution in [2.45, 2.75) is 25.5 Å². The molecule has 2 unspecified atom stereocenters. The molecule has 2 aromatic heterocycles. The average Bonchev–Trinajstić information content (AvgIpc) is 3.08. The number of rotatable bonds is 5. The van der Waals surface area contributed by atoms with Crippen molar-refractivity contribution in [1.82, 2.24) is 10.3 Å². The van der Waals surface area contributed by atoms with Gasteiger partial charge in [0.2, 0.25) is 0 Å². The van der Waals surface area contributed by atoms with Crippen LogP contribution in [-0.2, 0) is 0 Å². The summed E-state index contributed by atoms with van der Waals surface area (Å²) in [4.78, 5) is 16.8. The number of aliphatic hydroxyl groups excluding tert-OH is 1. The zero-order valence-electron chi connectivity index (χ0n) is 13.1. The molecule has 2 atom stereocenters. The van der Waals surface area contributed by atoms with Gasteiger partial charge in [-0.05, 0) is 37.3 Å². The standard InChI is InChI=1S/C18H17ClN2O3/c1-11(8-15(22)16-5-3-7-24-16)21-18(23)14-10-13(19)9-12-4-2-6-20-17(12)14/h2-7,9-11,15,22H,8H2,1H3,(H,21,23). The number of carbonyl (C=O) groups excluding carboxylic acids is 1. The number of fused-ring (bicyclic) bond motifs is 1. The Labute approximate surface area is 144 Å². The number of nitrogens with zero attached hydrogens (tertiary/aromatic N) is 1. The lowest BCUT2D eigenvalue weighted by molar-refractivity contribution is 0.0904. The Morgan fingerprint density at radius 3 is 2.96 bits per heavy atom. The van der Waals surface area contributed by atoms with E-state index in [0.717, 1.165) is 5.39 Å². The Balaban J connectivity index is 1.75. The number of hydrogen-bond acceptors (Lipinski definition) is 4. The highest BCUT2D eigenvalue weighted by molar-refractivity contribution is 6.32. The molecule has 0 aliphatic carbocycles. The topological polar surface area (TPSA) is 75.4 Å². The molecule has 0 saturated carbocycles. The van der Waals surface area contributed by atoms with E-state index in [9.17, 15) is 9.90 Å². The second kappa shape index (κ2) is 7.03. The highest BCUT2D eigenvalue weighted by Gasteiger charge is 2.19. The lowest BCUT2D eigenvalue weighted by atomic mass is 10.1. The van der Waals surface area contributed by atoms with Crippen LogP contribution >= 0.6 is 11.6 Å². The predicted molar refractivity (Wildman–Crippen MR) is 92.0 cm³/mol. The van der Waals surface area contributed by atoms with Crippen LogP contribution in [0.2, 0.25) is 5.02 Å². The Bertz CT molecular complexity index is 849. The number of carbonyl (C=O) groups is 1. The van der Waals surface area contributed by atoms with Crippen molar-refractivity contribution in [2.24, 2.45) is 0 Å². The van der Waals surface area contributed by atoms with E-state index >= 15 is 0 Å². The molecule has 0 fully saturated rings. The quantitative estimate of drug-likeness (QED) is 0.739. The lowest BCUT2D eigenvalue weighted by Gasteiger charge is -2.17. The third kappa shape index (κ3) is 3.58. The molecule has 0 radical (unpaired) electrons. The molecule has 3 rings (SSSR count).